The molecule has 4 rings (SSSR count). The van der Waals surface area contributed by atoms with E-state index in [4.69, 9.17) is 4.74 Å². The van der Waals surface area contributed by atoms with Crippen LogP contribution in [0.5, 0.6) is 0 Å². The SMILES string of the molecule is CC1CN(Cc2ccccc2NC(=O)c2ccc(NC(=O)NC3CC3)cc2)CC(C)O1. The maximum atomic E-state index is 12.8. The molecule has 1 heterocycles. The normalized spacial score (nSPS) is 21.4. The number of para-hydroxylation sites is 1. The molecule has 164 valence electrons. The number of carbonyl (C=O) groups excluding carboxylic acids is 2. The van der Waals surface area contributed by atoms with Gasteiger partial charge in [0.25, 0.3) is 5.91 Å². The topological polar surface area (TPSA) is 82.7 Å². The van der Waals surface area contributed by atoms with E-state index in [2.05, 4.69) is 34.7 Å². The average molecular weight is 423 g/mol. The lowest BCUT2D eigenvalue weighted by Crippen LogP contribution is -2.44. The van der Waals surface area contributed by atoms with Crippen molar-refractivity contribution in [1.82, 2.24) is 10.2 Å². The van der Waals surface area contributed by atoms with Crippen LogP contribution in [0.15, 0.2) is 48.5 Å². The zero-order chi connectivity index (χ0) is 21.8. The van der Waals surface area contributed by atoms with Gasteiger partial charge in [-0.3, -0.25) is 9.69 Å². The molecular weight excluding hydrogens is 392 g/mol. The molecule has 0 bridgehead atoms. The molecule has 7 heteroatoms. The highest BCUT2D eigenvalue weighted by molar-refractivity contribution is 6.05. The minimum Gasteiger partial charge on any atom is -0.373 e. The van der Waals surface area contributed by atoms with Gasteiger partial charge < -0.3 is 20.7 Å². The number of urea groups is 1. The molecule has 2 aromatic rings. The Morgan fingerprint density at radius 3 is 2.32 bits per heavy atom. The van der Waals surface area contributed by atoms with Gasteiger partial charge in [0.15, 0.2) is 0 Å². The van der Waals surface area contributed by atoms with Gasteiger partial charge in [-0.15, -0.1) is 0 Å². The number of amides is 3. The highest BCUT2D eigenvalue weighted by atomic mass is 16.5. The van der Waals surface area contributed by atoms with Crippen molar-refractivity contribution in [2.45, 2.75) is 51.5 Å². The molecule has 7 nitrogen and oxygen atoms in total. The number of hydrogen-bond acceptors (Lipinski definition) is 4. The molecule has 1 aliphatic heterocycles. The molecule has 2 fully saturated rings. The smallest absolute Gasteiger partial charge is 0.319 e. The number of benzene rings is 2. The largest absolute Gasteiger partial charge is 0.373 e. The van der Waals surface area contributed by atoms with Crippen LogP contribution in [-0.2, 0) is 11.3 Å². The van der Waals surface area contributed by atoms with E-state index in [1.54, 1.807) is 24.3 Å². The van der Waals surface area contributed by atoms with Crippen molar-refractivity contribution < 1.29 is 14.3 Å². The molecule has 0 radical (unpaired) electrons. The third-order valence-electron chi connectivity index (χ3n) is 5.47. The van der Waals surface area contributed by atoms with Crippen LogP contribution in [-0.4, -0.2) is 48.2 Å². The fourth-order valence-electron chi connectivity index (χ4n) is 3.91. The van der Waals surface area contributed by atoms with E-state index >= 15 is 0 Å². The number of nitrogens with one attached hydrogen (secondary N) is 3. The zero-order valence-corrected chi connectivity index (χ0v) is 18.1. The molecule has 3 amide bonds. The lowest BCUT2D eigenvalue weighted by molar-refractivity contribution is -0.0704. The first-order valence-corrected chi connectivity index (χ1v) is 10.9. The summed E-state index contributed by atoms with van der Waals surface area (Å²) >= 11 is 0. The molecular formula is C24H30N4O3. The summed E-state index contributed by atoms with van der Waals surface area (Å²) in [7, 11) is 0. The number of rotatable bonds is 6. The summed E-state index contributed by atoms with van der Waals surface area (Å²) in [5.74, 6) is -0.176. The molecule has 2 atom stereocenters. The van der Waals surface area contributed by atoms with E-state index in [0.717, 1.165) is 43.7 Å². The second-order valence-electron chi connectivity index (χ2n) is 8.51. The van der Waals surface area contributed by atoms with Crippen LogP contribution in [0.4, 0.5) is 16.2 Å². The van der Waals surface area contributed by atoms with Gasteiger partial charge in [0.2, 0.25) is 0 Å². The van der Waals surface area contributed by atoms with Gasteiger partial charge in [-0.1, -0.05) is 18.2 Å². The Morgan fingerprint density at radius 1 is 0.968 bits per heavy atom. The van der Waals surface area contributed by atoms with E-state index in [-0.39, 0.29) is 24.1 Å². The van der Waals surface area contributed by atoms with E-state index in [0.29, 0.717) is 17.3 Å². The Hall–Kier alpha value is -2.90. The Bertz CT molecular complexity index is 917. The maximum absolute atomic E-state index is 12.8. The molecule has 2 unspecified atom stereocenters. The minimum absolute atomic E-state index is 0.176. The number of nitrogens with zero attached hydrogens (tertiary/aromatic N) is 1. The number of ether oxygens (including phenoxy) is 1. The molecule has 1 aliphatic carbocycles. The summed E-state index contributed by atoms with van der Waals surface area (Å²) in [4.78, 5) is 27.0. The van der Waals surface area contributed by atoms with Crippen LogP contribution < -0.4 is 16.0 Å². The molecule has 0 spiro atoms. The number of carbonyl (C=O) groups is 2. The van der Waals surface area contributed by atoms with Gasteiger partial charge >= 0.3 is 6.03 Å². The second kappa shape index (κ2) is 9.49. The van der Waals surface area contributed by atoms with Gasteiger partial charge in [0.05, 0.1) is 12.2 Å². The third kappa shape index (κ3) is 6.06. The van der Waals surface area contributed by atoms with Gasteiger partial charge in [-0.2, -0.15) is 0 Å². The Labute approximate surface area is 183 Å². The summed E-state index contributed by atoms with van der Waals surface area (Å²) in [5.41, 5.74) is 3.08. The Kier molecular flexibility index (Phi) is 6.53. The van der Waals surface area contributed by atoms with Gasteiger partial charge in [-0.05, 0) is 62.6 Å². The van der Waals surface area contributed by atoms with Crippen LogP contribution in [0.2, 0.25) is 0 Å². The summed E-state index contributed by atoms with van der Waals surface area (Å²) < 4.78 is 5.82. The first kappa shape index (κ1) is 21.3. The van der Waals surface area contributed by atoms with E-state index < -0.39 is 0 Å². The molecule has 3 N–H and O–H groups in total. The van der Waals surface area contributed by atoms with Crippen LogP contribution in [0, 0.1) is 0 Å². The summed E-state index contributed by atoms with van der Waals surface area (Å²) in [6.07, 6.45) is 2.47. The molecule has 2 aliphatic rings. The fraction of sp³-hybridized carbons (Fsp3) is 0.417. The molecule has 1 saturated carbocycles. The monoisotopic (exact) mass is 422 g/mol. The first-order valence-electron chi connectivity index (χ1n) is 10.9. The fourth-order valence-corrected chi connectivity index (χ4v) is 3.91. The van der Waals surface area contributed by atoms with Gasteiger partial charge in [-0.25, -0.2) is 4.79 Å². The number of hydrogen-bond donors (Lipinski definition) is 3. The van der Waals surface area contributed by atoms with E-state index in [1.807, 2.05) is 24.3 Å². The van der Waals surface area contributed by atoms with E-state index in [9.17, 15) is 9.59 Å². The van der Waals surface area contributed by atoms with Crippen LogP contribution in [0.25, 0.3) is 0 Å². The van der Waals surface area contributed by atoms with Crippen molar-refractivity contribution in [2.24, 2.45) is 0 Å². The highest BCUT2D eigenvalue weighted by Crippen LogP contribution is 2.22. The number of morpholine rings is 1. The van der Waals surface area contributed by atoms with Crippen LogP contribution in [0.1, 0.15) is 42.6 Å². The quantitative estimate of drug-likeness (QED) is 0.661. The van der Waals surface area contributed by atoms with Gasteiger partial charge in [0, 0.05) is 42.6 Å². The third-order valence-corrected chi connectivity index (χ3v) is 5.47. The molecule has 31 heavy (non-hydrogen) atoms. The summed E-state index contributed by atoms with van der Waals surface area (Å²) in [6.45, 7) is 6.67. The Balaban J connectivity index is 1.37. The predicted molar refractivity (Wildman–Crippen MR) is 121 cm³/mol. The maximum Gasteiger partial charge on any atom is 0.319 e. The second-order valence-corrected chi connectivity index (χ2v) is 8.51. The first-order chi connectivity index (χ1) is 15.0. The van der Waals surface area contributed by atoms with Crippen LogP contribution in [0.3, 0.4) is 0 Å². The van der Waals surface area contributed by atoms with E-state index in [1.165, 1.54) is 0 Å². The average Bonchev–Trinajstić information content (AvgIpc) is 3.53. The van der Waals surface area contributed by atoms with Crippen LogP contribution >= 0.6 is 0 Å². The molecule has 2 aromatic carbocycles. The molecule has 1 saturated heterocycles. The lowest BCUT2D eigenvalue weighted by atomic mass is 10.1. The standard InChI is InChI=1S/C24H30N4O3/c1-16-13-28(14-17(2)31-16)15-19-5-3-4-6-22(19)27-23(29)18-7-9-20(10-8-18)25-24(30)26-21-11-12-21/h3-10,16-17,21H,11-15H2,1-2H3,(H,27,29)(H2,25,26,30). The van der Waals surface area contributed by atoms with Crippen molar-refractivity contribution >= 4 is 23.3 Å². The summed E-state index contributed by atoms with van der Waals surface area (Å²) in [5, 5.41) is 8.71. The Morgan fingerprint density at radius 2 is 1.65 bits per heavy atom. The zero-order valence-electron chi connectivity index (χ0n) is 18.1. The highest BCUT2D eigenvalue weighted by Gasteiger charge is 2.24. The van der Waals surface area contributed by atoms with Crippen molar-refractivity contribution in [3.05, 3.63) is 59.7 Å². The summed E-state index contributed by atoms with van der Waals surface area (Å²) in [6, 6.07) is 14.9. The van der Waals surface area contributed by atoms with Crippen molar-refractivity contribution in [3.63, 3.8) is 0 Å². The van der Waals surface area contributed by atoms with Gasteiger partial charge in [0.1, 0.15) is 0 Å². The number of anilines is 2. The predicted octanol–water partition coefficient (Wildman–Crippen LogP) is 3.83. The lowest BCUT2D eigenvalue weighted by Gasteiger charge is -2.35. The van der Waals surface area contributed by atoms with Crippen molar-refractivity contribution in [3.8, 4) is 0 Å². The minimum atomic E-state index is -0.208. The van der Waals surface area contributed by atoms with Crippen molar-refractivity contribution in [1.29, 1.82) is 0 Å². The molecule has 0 aromatic heterocycles. The van der Waals surface area contributed by atoms with Crippen molar-refractivity contribution in [2.75, 3.05) is 23.7 Å².